The third-order valence-electron chi connectivity index (χ3n) is 5.15. The van der Waals surface area contributed by atoms with Gasteiger partial charge in [-0.05, 0) is 56.4 Å². The lowest BCUT2D eigenvalue weighted by atomic mass is 10.1. The Morgan fingerprint density at radius 2 is 1.66 bits per heavy atom. The highest BCUT2D eigenvalue weighted by Gasteiger charge is 2.21. The average molecular weight is 456 g/mol. The van der Waals surface area contributed by atoms with Gasteiger partial charge in [-0.15, -0.1) is 0 Å². The van der Waals surface area contributed by atoms with Crippen LogP contribution in [0.3, 0.4) is 0 Å². The van der Waals surface area contributed by atoms with Gasteiger partial charge in [0.2, 0.25) is 0 Å². The summed E-state index contributed by atoms with van der Waals surface area (Å²) in [5.41, 5.74) is 1.77. The zero-order chi connectivity index (χ0) is 23.3. The van der Waals surface area contributed by atoms with Crippen molar-refractivity contribution >= 4 is 21.6 Å². The SMILES string of the molecule is Cc1ccc(S(=O)(=O)Nc2ccccc2F)cc1C(=O)NCC(c1ccccc1)N(C)C. The molecule has 0 aliphatic carbocycles. The standard InChI is InChI=1S/C24H26FN3O3S/c1-17-13-14-19(32(30,31)27-22-12-8-7-11-21(22)25)15-20(17)24(29)26-16-23(28(2)3)18-9-5-4-6-10-18/h4-15,23,27H,16H2,1-3H3,(H,26,29). The van der Waals surface area contributed by atoms with Gasteiger partial charge in [-0.2, -0.15) is 0 Å². The number of nitrogens with zero attached hydrogens (tertiary/aromatic N) is 1. The first-order valence-electron chi connectivity index (χ1n) is 10.1. The van der Waals surface area contributed by atoms with Crippen molar-refractivity contribution < 1.29 is 17.6 Å². The highest BCUT2D eigenvalue weighted by Crippen LogP contribution is 2.22. The highest BCUT2D eigenvalue weighted by molar-refractivity contribution is 7.92. The minimum absolute atomic E-state index is 0.0462. The van der Waals surface area contributed by atoms with Crippen molar-refractivity contribution in [1.82, 2.24) is 10.2 Å². The fraction of sp³-hybridized carbons (Fsp3) is 0.208. The number of amides is 1. The van der Waals surface area contributed by atoms with E-state index in [1.807, 2.05) is 49.3 Å². The molecule has 0 bridgehead atoms. The number of sulfonamides is 1. The molecule has 1 unspecified atom stereocenters. The molecule has 8 heteroatoms. The van der Waals surface area contributed by atoms with Gasteiger partial charge in [0.15, 0.2) is 0 Å². The first kappa shape index (κ1) is 23.4. The normalized spacial score (nSPS) is 12.4. The van der Waals surface area contributed by atoms with Crippen LogP contribution in [0, 0.1) is 12.7 Å². The molecule has 0 fully saturated rings. The van der Waals surface area contributed by atoms with Crippen LogP contribution >= 0.6 is 0 Å². The van der Waals surface area contributed by atoms with E-state index in [1.165, 1.54) is 36.4 Å². The van der Waals surface area contributed by atoms with Crippen LogP contribution in [0.2, 0.25) is 0 Å². The number of benzene rings is 3. The van der Waals surface area contributed by atoms with E-state index in [0.717, 1.165) is 5.56 Å². The van der Waals surface area contributed by atoms with Crippen molar-refractivity contribution in [3.63, 3.8) is 0 Å². The summed E-state index contributed by atoms with van der Waals surface area (Å²) < 4.78 is 41.7. The molecule has 0 saturated carbocycles. The van der Waals surface area contributed by atoms with Crippen LogP contribution in [0.4, 0.5) is 10.1 Å². The second-order valence-corrected chi connectivity index (χ2v) is 9.34. The Balaban J connectivity index is 1.80. The van der Waals surface area contributed by atoms with Crippen molar-refractivity contribution in [1.29, 1.82) is 0 Å². The zero-order valence-corrected chi connectivity index (χ0v) is 19.0. The molecule has 2 N–H and O–H groups in total. The molecule has 0 aliphatic heterocycles. The Labute approximate surface area is 188 Å². The fourth-order valence-corrected chi connectivity index (χ4v) is 4.41. The number of para-hydroxylation sites is 1. The van der Waals surface area contributed by atoms with Crippen molar-refractivity contribution in [2.24, 2.45) is 0 Å². The molecule has 32 heavy (non-hydrogen) atoms. The number of carbonyl (C=O) groups excluding carboxylic acids is 1. The van der Waals surface area contributed by atoms with Gasteiger partial charge in [0, 0.05) is 12.1 Å². The Hall–Kier alpha value is -3.23. The number of carbonyl (C=O) groups is 1. The molecule has 0 heterocycles. The maximum absolute atomic E-state index is 13.9. The first-order chi connectivity index (χ1) is 15.2. The van der Waals surface area contributed by atoms with Crippen LogP contribution in [-0.4, -0.2) is 39.9 Å². The van der Waals surface area contributed by atoms with Gasteiger partial charge >= 0.3 is 0 Å². The van der Waals surface area contributed by atoms with E-state index in [9.17, 15) is 17.6 Å². The van der Waals surface area contributed by atoms with Gasteiger partial charge in [0.25, 0.3) is 15.9 Å². The van der Waals surface area contributed by atoms with Gasteiger partial charge in [-0.1, -0.05) is 48.5 Å². The number of nitrogens with one attached hydrogen (secondary N) is 2. The highest BCUT2D eigenvalue weighted by atomic mass is 32.2. The molecule has 0 radical (unpaired) electrons. The average Bonchev–Trinajstić information content (AvgIpc) is 2.76. The molecule has 1 atom stereocenters. The lowest BCUT2D eigenvalue weighted by Crippen LogP contribution is -2.35. The molecule has 1 amide bonds. The van der Waals surface area contributed by atoms with Crippen LogP contribution < -0.4 is 10.0 Å². The van der Waals surface area contributed by atoms with Crippen molar-refractivity contribution in [3.05, 3.63) is 95.3 Å². The maximum Gasteiger partial charge on any atom is 0.262 e. The molecule has 0 aliphatic rings. The Morgan fingerprint density at radius 3 is 2.31 bits per heavy atom. The van der Waals surface area contributed by atoms with E-state index in [2.05, 4.69) is 10.0 Å². The largest absolute Gasteiger partial charge is 0.350 e. The molecule has 3 aromatic carbocycles. The summed E-state index contributed by atoms with van der Waals surface area (Å²) in [4.78, 5) is 14.8. The first-order valence-corrected chi connectivity index (χ1v) is 11.5. The van der Waals surface area contributed by atoms with E-state index < -0.39 is 15.8 Å². The third kappa shape index (κ3) is 5.52. The van der Waals surface area contributed by atoms with E-state index in [-0.39, 0.29) is 28.1 Å². The lowest BCUT2D eigenvalue weighted by molar-refractivity contribution is 0.0941. The second-order valence-electron chi connectivity index (χ2n) is 7.66. The topological polar surface area (TPSA) is 78.5 Å². The van der Waals surface area contributed by atoms with E-state index in [0.29, 0.717) is 12.1 Å². The third-order valence-corrected chi connectivity index (χ3v) is 6.51. The van der Waals surface area contributed by atoms with Gasteiger partial charge in [-0.25, -0.2) is 12.8 Å². The predicted molar refractivity (Wildman–Crippen MR) is 124 cm³/mol. The molecular formula is C24H26FN3O3S. The Bertz CT molecular complexity index is 1200. The van der Waals surface area contributed by atoms with E-state index >= 15 is 0 Å². The van der Waals surface area contributed by atoms with Gasteiger partial charge < -0.3 is 10.2 Å². The van der Waals surface area contributed by atoms with Crippen LogP contribution in [0.1, 0.15) is 27.5 Å². The van der Waals surface area contributed by atoms with Crippen molar-refractivity contribution in [2.75, 3.05) is 25.4 Å². The van der Waals surface area contributed by atoms with Crippen LogP contribution in [-0.2, 0) is 10.0 Å². The summed E-state index contributed by atoms with van der Waals surface area (Å²) in [6.45, 7) is 2.08. The summed E-state index contributed by atoms with van der Waals surface area (Å²) in [6, 6.07) is 19.5. The molecule has 0 spiro atoms. The fourth-order valence-electron chi connectivity index (χ4n) is 3.32. The van der Waals surface area contributed by atoms with Gasteiger partial charge in [0.05, 0.1) is 16.6 Å². The quantitative estimate of drug-likeness (QED) is 0.539. The summed E-state index contributed by atoms with van der Waals surface area (Å²) in [7, 11) is -0.220. The Kier molecular flexibility index (Phi) is 7.27. The number of rotatable bonds is 8. The minimum Gasteiger partial charge on any atom is -0.350 e. The number of anilines is 1. The molecule has 6 nitrogen and oxygen atoms in total. The van der Waals surface area contributed by atoms with Crippen molar-refractivity contribution in [3.8, 4) is 0 Å². The predicted octanol–water partition coefficient (Wildman–Crippen LogP) is 3.97. The molecular weight excluding hydrogens is 429 g/mol. The monoisotopic (exact) mass is 455 g/mol. The summed E-state index contributed by atoms with van der Waals surface area (Å²) in [6.07, 6.45) is 0. The molecule has 168 valence electrons. The summed E-state index contributed by atoms with van der Waals surface area (Å²) in [5.74, 6) is -1.06. The molecule has 0 aromatic heterocycles. The Morgan fingerprint density at radius 1 is 1.00 bits per heavy atom. The number of aryl methyl sites for hydroxylation is 1. The van der Waals surface area contributed by atoms with Crippen LogP contribution in [0.15, 0.2) is 77.7 Å². The molecule has 3 rings (SSSR count). The second kappa shape index (κ2) is 9.93. The molecule has 0 saturated heterocycles. The summed E-state index contributed by atoms with van der Waals surface area (Å²) in [5, 5.41) is 2.90. The summed E-state index contributed by atoms with van der Waals surface area (Å²) >= 11 is 0. The lowest BCUT2D eigenvalue weighted by Gasteiger charge is -2.25. The molecule has 3 aromatic rings. The van der Waals surface area contributed by atoms with E-state index in [4.69, 9.17) is 0 Å². The smallest absolute Gasteiger partial charge is 0.262 e. The van der Waals surface area contributed by atoms with Gasteiger partial charge in [0.1, 0.15) is 5.82 Å². The zero-order valence-electron chi connectivity index (χ0n) is 18.2. The maximum atomic E-state index is 13.9. The van der Waals surface area contributed by atoms with Crippen LogP contribution in [0.25, 0.3) is 0 Å². The van der Waals surface area contributed by atoms with E-state index in [1.54, 1.807) is 13.0 Å². The number of likely N-dealkylation sites (N-methyl/N-ethyl adjacent to an activating group) is 1. The van der Waals surface area contributed by atoms with Crippen LogP contribution in [0.5, 0.6) is 0 Å². The minimum atomic E-state index is -4.07. The number of halogens is 1. The van der Waals surface area contributed by atoms with Gasteiger partial charge in [-0.3, -0.25) is 9.52 Å². The van der Waals surface area contributed by atoms with Crippen molar-refractivity contribution in [2.45, 2.75) is 17.9 Å². The number of hydrogen-bond acceptors (Lipinski definition) is 4. The number of hydrogen-bond donors (Lipinski definition) is 2.